The van der Waals surface area contributed by atoms with Gasteiger partial charge >= 0.3 is 0 Å². The first kappa shape index (κ1) is 31.7. The van der Waals surface area contributed by atoms with Crippen molar-refractivity contribution in [1.82, 2.24) is 4.57 Å². The third-order valence-corrected chi connectivity index (χ3v) is 11.7. The Kier molecular flexibility index (Phi) is 6.93. The Labute approximate surface area is 328 Å². The molecule has 12 aromatic rings. The summed E-state index contributed by atoms with van der Waals surface area (Å²) in [6, 6.07) is 74.6. The molecule has 3 heteroatoms. The largest absolute Gasteiger partial charge is 0.456 e. The van der Waals surface area contributed by atoms with E-state index in [-0.39, 0.29) is 0 Å². The molecular formula is C54H34N2O. The van der Waals surface area contributed by atoms with E-state index in [2.05, 4.69) is 216 Å². The maximum Gasteiger partial charge on any atom is 0.137 e. The van der Waals surface area contributed by atoms with Crippen LogP contribution in [0, 0.1) is 0 Å². The Bertz CT molecular complexity index is 3520. The van der Waals surface area contributed by atoms with Gasteiger partial charge in [-0.1, -0.05) is 140 Å². The van der Waals surface area contributed by atoms with E-state index in [1.807, 2.05) is 0 Å². The predicted octanol–water partition coefficient (Wildman–Crippen LogP) is 15.3. The number of aromatic nitrogens is 1. The molecule has 0 spiro atoms. The maximum atomic E-state index is 6.64. The molecule has 0 atom stereocenters. The maximum absolute atomic E-state index is 6.64. The molecule has 0 bridgehead atoms. The molecule has 0 aliphatic rings. The summed E-state index contributed by atoms with van der Waals surface area (Å²) in [6.45, 7) is 0. The summed E-state index contributed by atoms with van der Waals surface area (Å²) in [7, 11) is 0. The topological polar surface area (TPSA) is 21.3 Å². The molecule has 0 unspecified atom stereocenters. The Hall–Kier alpha value is -7.62. The lowest BCUT2D eigenvalue weighted by molar-refractivity contribution is 0.669. The van der Waals surface area contributed by atoms with Crippen LogP contribution in [-0.2, 0) is 0 Å². The smallest absolute Gasteiger partial charge is 0.137 e. The van der Waals surface area contributed by atoms with Gasteiger partial charge in [-0.3, -0.25) is 0 Å². The first-order valence-corrected chi connectivity index (χ1v) is 19.5. The van der Waals surface area contributed by atoms with Crippen LogP contribution in [0.3, 0.4) is 0 Å². The molecule has 10 aromatic carbocycles. The molecule has 12 rings (SSSR count). The van der Waals surface area contributed by atoms with Gasteiger partial charge in [-0.2, -0.15) is 0 Å². The predicted molar refractivity (Wildman–Crippen MR) is 241 cm³/mol. The normalized spacial score (nSPS) is 11.9. The second-order valence-electron chi connectivity index (χ2n) is 14.9. The first-order valence-electron chi connectivity index (χ1n) is 19.5. The fourth-order valence-corrected chi connectivity index (χ4v) is 9.05. The third-order valence-electron chi connectivity index (χ3n) is 11.7. The van der Waals surface area contributed by atoms with E-state index >= 15 is 0 Å². The van der Waals surface area contributed by atoms with Crippen molar-refractivity contribution < 1.29 is 4.42 Å². The number of furan rings is 1. The van der Waals surface area contributed by atoms with Gasteiger partial charge in [0.25, 0.3) is 0 Å². The zero-order valence-corrected chi connectivity index (χ0v) is 30.9. The van der Waals surface area contributed by atoms with Crippen molar-refractivity contribution in [3.63, 3.8) is 0 Å². The van der Waals surface area contributed by atoms with E-state index in [1.54, 1.807) is 0 Å². The monoisotopic (exact) mass is 726 g/mol. The van der Waals surface area contributed by atoms with Gasteiger partial charge in [-0.25, -0.2) is 0 Å². The van der Waals surface area contributed by atoms with Crippen LogP contribution in [-0.4, -0.2) is 4.57 Å². The molecule has 2 aromatic heterocycles. The number of anilines is 3. The highest BCUT2D eigenvalue weighted by molar-refractivity contribution is 6.22. The van der Waals surface area contributed by atoms with Crippen LogP contribution in [0.4, 0.5) is 17.1 Å². The minimum atomic E-state index is 0.862. The lowest BCUT2D eigenvalue weighted by atomic mass is 10.0. The standard InChI is InChI=1S/C54H34N2O/c1-2-11-35(12-3-1)36-21-24-41(25-22-36)55(43-26-28-46-48-31-39-15-4-5-16-40(39)32-52(48)57-53(46)34-43)42-27-29-47-51(33-42)56(49-20-10-17-37-13-6-8-18-44(37)49)50-30-23-38-14-7-9-19-45(38)54(47)50/h1-34H. The second kappa shape index (κ2) is 12.5. The highest BCUT2D eigenvalue weighted by atomic mass is 16.3. The van der Waals surface area contributed by atoms with Gasteiger partial charge in [0, 0.05) is 50.1 Å². The minimum absolute atomic E-state index is 0.862. The average molecular weight is 727 g/mol. The van der Waals surface area contributed by atoms with Gasteiger partial charge in [0.15, 0.2) is 0 Å². The molecule has 0 radical (unpaired) electrons. The lowest BCUT2D eigenvalue weighted by Gasteiger charge is -2.26. The summed E-state index contributed by atoms with van der Waals surface area (Å²) in [6.07, 6.45) is 0. The summed E-state index contributed by atoms with van der Waals surface area (Å²) in [4.78, 5) is 2.36. The van der Waals surface area contributed by atoms with Crippen LogP contribution >= 0.6 is 0 Å². The molecule has 0 saturated carbocycles. The Morgan fingerprint density at radius 1 is 0.333 bits per heavy atom. The molecule has 0 N–H and O–H groups in total. The summed E-state index contributed by atoms with van der Waals surface area (Å²) >= 11 is 0. The molecule has 3 nitrogen and oxygen atoms in total. The molecule has 0 aliphatic carbocycles. The molecular weight excluding hydrogens is 693 g/mol. The molecule has 0 amide bonds. The summed E-state index contributed by atoms with van der Waals surface area (Å²) in [5.74, 6) is 0. The van der Waals surface area contributed by atoms with E-state index in [9.17, 15) is 0 Å². The molecule has 2 heterocycles. The number of hydrogen-bond acceptors (Lipinski definition) is 2. The van der Waals surface area contributed by atoms with Crippen molar-refractivity contribution >= 4 is 93.1 Å². The van der Waals surface area contributed by atoms with Crippen LogP contribution in [0.15, 0.2) is 211 Å². The summed E-state index contributed by atoms with van der Waals surface area (Å²) in [5.41, 5.74) is 10.8. The Balaban J connectivity index is 1.12. The van der Waals surface area contributed by atoms with Gasteiger partial charge in [0.05, 0.1) is 16.7 Å². The van der Waals surface area contributed by atoms with E-state index < -0.39 is 0 Å². The molecule has 0 aliphatic heterocycles. The Morgan fingerprint density at radius 2 is 0.930 bits per heavy atom. The summed E-state index contributed by atoms with van der Waals surface area (Å²) < 4.78 is 9.10. The zero-order valence-electron chi connectivity index (χ0n) is 30.9. The fraction of sp³-hybridized carbons (Fsp3) is 0. The fourth-order valence-electron chi connectivity index (χ4n) is 9.05. The van der Waals surface area contributed by atoms with Crippen molar-refractivity contribution in [2.75, 3.05) is 4.90 Å². The van der Waals surface area contributed by atoms with E-state index in [0.29, 0.717) is 0 Å². The molecule has 266 valence electrons. The van der Waals surface area contributed by atoms with Gasteiger partial charge in [0.1, 0.15) is 11.2 Å². The molecule has 0 saturated heterocycles. The zero-order chi connectivity index (χ0) is 37.5. The van der Waals surface area contributed by atoms with Crippen LogP contribution in [0.2, 0.25) is 0 Å². The SMILES string of the molecule is c1ccc(-c2ccc(N(c3ccc4c(c3)oc3cc5ccccc5cc34)c3ccc4c5c6ccccc6ccc5n(-c5cccc6ccccc56)c4c3)cc2)cc1. The van der Waals surface area contributed by atoms with Gasteiger partial charge in [-0.15, -0.1) is 0 Å². The van der Waals surface area contributed by atoms with E-state index in [4.69, 9.17) is 4.42 Å². The number of benzene rings is 10. The van der Waals surface area contributed by atoms with Gasteiger partial charge < -0.3 is 13.9 Å². The third kappa shape index (κ3) is 4.99. The van der Waals surface area contributed by atoms with Crippen LogP contribution < -0.4 is 4.90 Å². The van der Waals surface area contributed by atoms with E-state index in [0.717, 1.165) is 50.2 Å². The van der Waals surface area contributed by atoms with Gasteiger partial charge in [-0.05, 0) is 98.7 Å². The van der Waals surface area contributed by atoms with Crippen LogP contribution in [0.1, 0.15) is 0 Å². The second-order valence-corrected chi connectivity index (χ2v) is 14.9. The average Bonchev–Trinajstić information content (AvgIpc) is 3.80. The minimum Gasteiger partial charge on any atom is -0.456 e. The van der Waals surface area contributed by atoms with Crippen molar-refractivity contribution in [2.24, 2.45) is 0 Å². The first-order chi connectivity index (χ1) is 28.2. The van der Waals surface area contributed by atoms with Crippen molar-refractivity contribution in [2.45, 2.75) is 0 Å². The number of hydrogen-bond donors (Lipinski definition) is 0. The lowest BCUT2D eigenvalue weighted by Crippen LogP contribution is -2.10. The van der Waals surface area contributed by atoms with Crippen LogP contribution in [0.25, 0.3) is 92.9 Å². The number of rotatable bonds is 5. The van der Waals surface area contributed by atoms with Crippen molar-refractivity contribution in [1.29, 1.82) is 0 Å². The van der Waals surface area contributed by atoms with Crippen molar-refractivity contribution in [3.05, 3.63) is 206 Å². The van der Waals surface area contributed by atoms with Crippen LogP contribution in [0.5, 0.6) is 0 Å². The van der Waals surface area contributed by atoms with E-state index in [1.165, 1.54) is 59.7 Å². The van der Waals surface area contributed by atoms with Gasteiger partial charge in [0.2, 0.25) is 0 Å². The van der Waals surface area contributed by atoms with Crippen molar-refractivity contribution in [3.8, 4) is 16.8 Å². The number of nitrogens with zero attached hydrogens (tertiary/aromatic N) is 2. The quantitative estimate of drug-likeness (QED) is 0.176. The molecule has 57 heavy (non-hydrogen) atoms. The highest BCUT2D eigenvalue weighted by Crippen LogP contribution is 2.44. The number of fused-ring (bicyclic) bond motifs is 10. The highest BCUT2D eigenvalue weighted by Gasteiger charge is 2.21. The summed E-state index contributed by atoms with van der Waals surface area (Å²) in [5, 5.41) is 12.0. The Morgan fingerprint density at radius 3 is 1.74 bits per heavy atom. The molecule has 0 fully saturated rings.